The van der Waals surface area contributed by atoms with E-state index in [0.717, 1.165) is 22.4 Å². The first-order valence-corrected chi connectivity index (χ1v) is 7.77. The lowest BCUT2D eigenvalue weighted by Gasteiger charge is -2.09. The second-order valence-electron chi connectivity index (χ2n) is 4.66. The fourth-order valence-corrected chi connectivity index (χ4v) is 3.04. The lowest BCUT2D eigenvalue weighted by Crippen LogP contribution is -2.06. The molecule has 0 fully saturated rings. The molecule has 2 aromatic carbocycles. The number of hydrogen-bond donors (Lipinski definition) is 1. The molecule has 0 spiro atoms. The number of thioether (sulfide) groups is 1. The molecule has 0 aliphatic heterocycles. The highest BCUT2D eigenvalue weighted by atomic mass is 32.2. The predicted molar refractivity (Wildman–Crippen MR) is 86.1 cm³/mol. The van der Waals surface area contributed by atoms with Crippen molar-refractivity contribution in [1.29, 1.82) is 0 Å². The molecular formula is C17H19NO2S. The van der Waals surface area contributed by atoms with Crippen LogP contribution in [-0.2, 0) is 28.2 Å². The van der Waals surface area contributed by atoms with Gasteiger partial charge in [0.15, 0.2) is 0 Å². The van der Waals surface area contributed by atoms with E-state index in [1.54, 1.807) is 11.8 Å². The summed E-state index contributed by atoms with van der Waals surface area (Å²) in [6, 6.07) is 16.2. The van der Waals surface area contributed by atoms with E-state index in [9.17, 15) is 4.79 Å². The van der Waals surface area contributed by atoms with Gasteiger partial charge in [-0.15, -0.1) is 11.8 Å². The van der Waals surface area contributed by atoms with Gasteiger partial charge >= 0.3 is 5.97 Å². The van der Waals surface area contributed by atoms with E-state index >= 15 is 0 Å². The van der Waals surface area contributed by atoms with Gasteiger partial charge in [-0.2, -0.15) is 0 Å². The third-order valence-corrected chi connectivity index (χ3v) is 4.25. The Kier molecular flexibility index (Phi) is 5.84. The van der Waals surface area contributed by atoms with Crippen LogP contribution in [0.4, 0.5) is 0 Å². The molecule has 0 unspecified atom stereocenters. The van der Waals surface area contributed by atoms with E-state index in [-0.39, 0.29) is 5.97 Å². The number of ether oxygens (including phenoxy) is 1. The van der Waals surface area contributed by atoms with E-state index in [1.165, 1.54) is 12.0 Å². The maximum absolute atomic E-state index is 11.4. The van der Waals surface area contributed by atoms with Crippen molar-refractivity contribution < 1.29 is 9.53 Å². The van der Waals surface area contributed by atoms with Gasteiger partial charge in [0.2, 0.25) is 0 Å². The Hall–Kier alpha value is -1.78. The quantitative estimate of drug-likeness (QED) is 0.658. The van der Waals surface area contributed by atoms with Gasteiger partial charge in [-0.3, -0.25) is 4.79 Å². The minimum Gasteiger partial charge on any atom is -0.469 e. The number of methoxy groups -OCH3 is 1. The van der Waals surface area contributed by atoms with Crippen molar-refractivity contribution in [3.05, 3.63) is 65.2 Å². The Morgan fingerprint density at radius 3 is 2.62 bits per heavy atom. The fourth-order valence-electron chi connectivity index (χ4n) is 2.02. The van der Waals surface area contributed by atoms with Crippen LogP contribution in [0.1, 0.15) is 16.7 Å². The Labute approximate surface area is 129 Å². The SMILES string of the molecule is COC(=O)Cc1ccccc1CSc1cccc(CN)c1. The third-order valence-electron chi connectivity index (χ3n) is 3.21. The summed E-state index contributed by atoms with van der Waals surface area (Å²) >= 11 is 1.74. The Morgan fingerprint density at radius 1 is 1.14 bits per heavy atom. The Balaban J connectivity index is 2.07. The number of benzene rings is 2. The molecule has 0 radical (unpaired) electrons. The van der Waals surface area contributed by atoms with Crippen LogP contribution in [0.3, 0.4) is 0 Å². The highest BCUT2D eigenvalue weighted by molar-refractivity contribution is 7.98. The van der Waals surface area contributed by atoms with E-state index in [1.807, 2.05) is 30.3 Å². The maximum Gasteiger partial charge on any atom is 0.309 e. The van der Waals surface area contributed by atoms with Crippen molar-refractivity contribution in [3.63, 3.8) is 0 Å². The molecule has 0 heterocycles. The monoisotopic (exact) mass is 301 g/mol. The second kappa shape index (κ2) is 7.86. The number of esters is 1. The first kappa shape index (κ1) is 15.6. The van der Waals surface area contributed by atoms with Crippen molar-refractivity contribution in [2.45, 2.75) is 23.6 Å². The van der Waals surface area contributed by atoms with Crippen molar-refractivity contribution in [2.24, 2.45) is 5.73 Å². The molecule has 21 heavy (non-hydrogen) atoms. The van der Waals surface area contributed by atoms with Gasteiger partial charge in [-0.1, -0.05) is 36.4 Å². The molecule has 110 valence electrons. The molecule has 0 atom stereocenters. The average molecular weight is 301 g/mol. The molecule has 3 nitrogen and oxygen atoms in total. The van der Waals surface area contributed by atoms with Gasteiger partial charge in [-0.25, -0.2) is 0 Å². The van der Waals surface area contributed by atoms with Crippen molar-refractivity contribution in [2.75, 3.05) is 7.11 Å². The van der Waals surface area contributed by atoms with Gasteiger partial charge in [-0.05, 0) is 28.8 Å². The molecule has 0 saturated carbocycles. The molecular weight excluding hydrogens is 282 g/mol. The molecule has 0 aliphatic carbocycles. The second-order valence-corrected chi connectivity index (χ2v) is 5.71. The summed E-state index contributed by atoms with van der Waals surface area (Å²) < 4.78 is 4.74. The van der Waals surface area contributed by atoms with Crippen molar-refractivity contribution >= 4 is 17.7 Å². The van der Waals surface area contributed by atoms with Crippen LogP contribution in [0.25, 0.3) is 0 Å². The van der Waals surface area contributed by atoms with E-state index in [4.69, 9.17) is 10.5 Å². The molecule has 2 aromatic rings. The highest BCUT2D eigenvalue weighted by Crippen LogP contribution is 2.25. The molecule has 0 aromatic heterocycles. The summed E-state index contributed by atoms with van der Waals surface area (Å²) in [4.78, 5) is 12.6. The topological polar surface area (TPSA) is 52.3 Å². The highest BCUT2D eigenvalue weighted by Gasteiger charge is 2.08. The largest absolute Gasteiger partial charge is 0.469 e. The minimum absolute atomic E-state index is 0.211. The normalized spacial score (nSPS) is 10.4. The number of carbonyl (C=O) groups is 1. The van der Waals surface area contributed by atoms with E-state index in [0.29, 0.717) is 13.0 Å². The molecule has 0 saturated heterocycles. The summed E-state index contributed by atoms with van der Waals surface area (Å²) in [6.07, 6.45) is 0.316. The molecule has 4 heteroatoms. The van der Waals surface area contributed by atoms with Crippen LogP contribution in [0, 0.1) is 0 Å². The Morgan fingerprint density at radius 2 is 1.90 bits per heavy atom. The van der Waals surface area contributed by atoms with Crippen LogP contribution >= 0.6 is 11.8 Å². The van der Waals surface area contributed by atoms with Crippen LogP contribution in [0.5, 0.6) is 0 Å². The lowest BCUT2D eigenvalue weighted by atomic mass is 10.1. The predicted octanol–water partition coefficient (Wildman–Crippen LogP) is 3.15. The molecule has 0 bridgehead atoms. The summed E-state index contributed by atoms with van der Waals surface area (Å²) in [5.41, 5.74) is 8.97. The van der Waals surface area contributed by atoms with Gasteiger partial charge in [0.25, 0.3) is 0 Å². The average Bonchev–Trinajstić information content (AvgIpc) is 2.54. The number of nitrogens with two attached hydrogens (primary N) is 1. The zero-order chi connectivity index (χ0) is 15.1. The maximum atomic E-state index is 11.4. The first-order valence-electron chi connectivity index (χ1n) is 6.78. The zero-order valence-corrected chi connectivity index (χ0v) is 12.9. The van der Waals surface area contributed by atoms with Crippen molar-refractivity contribution in [3.8, 4) is 0 Å². The zero-order valence-electron chi connectivity index (χ0n) is 12.0. The van der Waals surface area contributed by atoms with Gasteiger partial charge in [0, 0.05) is 17.2 Å². The van der Waals surface area contributed by atoms with Crippen molar-refractivity contribution in [1.82, 2.24) is 0 Å². The standard InChI is InChI=1S/C17H19NO2S/c1-20-17(19)10-14-6-2-3-7-15(14)12-21-16-8-4-5-13(9-16)11-18/h2-9H,10-12,18H2,1H3. The van der Waals surface area contributed by atoms with Crippen LogP contribution < -0.4 is 5.73 Å². The number of rotatable bonds is 6. The molecule has 0 aliphatic rings. The van der Waals surface area contributed by atoms with Gasteiger partial charge < -0.3 is 10.5 Å². The summed E-state index contributed by atoms with van der Waals surface area (Å²) in [5.74, 6) is 0.610. The van der Waals surface area contributed by atoms with Gasteiger partial charge in [0.1, 0.15) is 0 Å². The lowest BCUT2D eigenvalue weighted by molar-refractivity contribution is -0.139. The number of carbonyl (C=O) groups excluding carboxylic acids is 1. The smallest absolute Gasteiger partial charge is 0.309 e. The van der Waals surface area contributed by atoms with Crippen LogP contribution in [-0.4, -0.2) is 13.1 Å². The fraction of sp³-hybridized carbons (Fsp3) is 0.235. The summed E-state index contributed by atoms with van der Waals surface area (Å²) in [5, 5.41) is 0. The number of hydrogen-bond acceptors (Lipinski definition) is 4. The summed E-state index contributed by atoms with van der Waals surface area (Å²) in [6.45, 7) is 0.549. The van der Waals surface area contributed by atoms with Gasteiger partial charge in [0.05, 0.1) is 13.5 Å². The molecule has 2 rings (SSSR count). The summed E-state index contributed by atoms with van der Waals surface area (Å²) in [7, 11) is 1.41. The minimum atomic E-state index is -0.211. The van der Waals surface area contributed by atoms with Crippen LogP contribution in [0.2, 0.25) is 0 Å². The van der Waals surface area contributed by atoms with E-state index < -0.39 is 0 Å². The first-order chi connectivity index (χ1) is 10.2. The third kappa shape index (κ3) is 4.62. The van der Waals surface area contributed by atoms with E-state index in [2.05, 4.69) is 18.2 Å². The Bertz CT molecular complexity index is 613. The molecule has 2 N–H and O–H groups in total. The van der Waals surface area contributed by atoms with Crippen LogP contribution in [0.15, 0.2) is 53.4 Å². The molecule has 0 amide bonds.